The molecule has 1 aromatic heterocycles. The van der Waals surface area contributed by atoms with Gasteiger partial charge in [-0.2, -0.15) is 0 Å². The van der Waals surface area contributed by atoms with Crippen LogP contribution in [0.2, 0.25) is 0 Å². The number of H-pyrrole nitrogens is 1. The number of rotatable bonds is 10. The van der Waals surface area contributed by atoms with Crippen LogP contribution in [0.5, 0.6) is 0 Å². The van der Waals surface area contributed by atoms with Gasteiger partial charge in [-0.1, -0.05) is 69.3 Å². The monoisotopic (exact) mass is 479 g/mol. The fourth-order valence-electron chi connectivity index (χ4n) is 3.92. The lowest BCUT2D eigenvalue weighted by atomic mass is 9.93. The summed E-state index contributed by atoms with van der Waals surface area (Å²) in [5.74, 6) is -2.14. The average molecular weight is 480 g/mol. The standard InChI is InChI=1S/C18H26N2O4.C10H11N/c1-12(2)9-15(10-17(22)23)18(24)19-11-16(21)20-13(3)14-7-5-4-6-8-14;1-2-8-7-11-10-6-4-3-5-9(8)10/h4-8,12-13,15H,9-11H2,1-3H3,(H,19,24)(H,20,21)(H,22,23);3-7,11H,2H2,1H3/t13-,15+;/m0./s1. The second kappa shape index (κ2) is 13.9. The van der Waals surface area contributed by atoms with Crippen LogP contribution >= 0.6 is 0 Å². The van der Waals surface area contributed by atoms with Crippen LogP contribution in [0.15, 0.2) is 60.8 Å². The number of hydrogen-bond donors (Lipinski definition) is 4. The molecule has 0 saturated heterocycles. The molecule has 0 aliphatic rings. The molecular formula is C28H37N3O4. The number of aryl methyl sites for hydroxylation is 1. The van der Waals surface area contributed by atoms with Gasteiger partial charge in [0.05, 0.1) is 19.0 Å². The fraction of sp³-hybridized carbons (Fsp3) is 0.393. The molecule has 0 spiro atoms. The van der Waals surface area contributed by atoms with Gasteiger partial charge < -0.3 is 20.7 Å². The molecule has 7 heteroatoms. The highest BCUT2D eigenvalue weighted by atomic mass is 16.4. The van der Waals surface area contributed by atoms with Gasteiger partial charge in [0.25, 0.3) is 0 Å². The molecule has 7 nitrogen and oxygen atoms in total. The fourth-order valence-corrected chi connectivity index (χ4v) is 3.92. The molecule has 3 aromatic rings. The van der Waals surface area contributed by atoms with Crippen molar-refractivity contribution in [3.8, 4) is 0 Å². The molecule has 2 amide bonds. The van der Waals surface area contributed by atoms with Gasteiger partial charge in [-0.25, -0.2) is 0 Å². The van der Waals surface area contributed by atoms with E-state index in [9.17, 15) is 14.4 Å². The highest BCUT2D eigenvalue weighted by Crippen LogP contribution is 2.17. The molecular weight excluding hydrogens is 442 g/mol. The summed E-state index contributed by atoms with van der Waals surface area (Å²) >= 11 is 0. The first kappa shape index (κ1) is 27.6. The van der Waals surface area contributed by atoms with E-state index in [-0.39, 0.29) is 30.8 Å². The number of carbonyl (C=O) groups is 3. The lowest BCUT2D eigenvalue weighted by Crippen LogP contribution is -2.41. The van der Waals surface area contributed by atoms with Crippen molar-refractivity contribution in [3.63, 3.8) is 0 Å². The highest BCUT2D eigenvalue weighted by Gasteiger charge is 2.23. The first-order valence-corrected chi connectivity index (χ1v) is 12.1. The number of aliphatic carboxylic acids is 1. The Morgan fingerprint density at radius 2 is 1.63 bits per heavy atom. The maximum atomic E-state index is 12.1. The van der Waals surface area contributed by atoms with Gasteiger partial charge in [0, 0.05) is 23.0 Å². The van der Waals surface area contributed by atoms with Crippen molar-refractivity contribution in [2.75, 3.05) is 6.54 Å². The Balaban J connectivity index is 0.000000322. The molecule has 188 valence electrons. The van der Waals surface area contributed by atoms with E-state index in [2.05, 4.69) is 53.0 Å². The van der Waals surface area contributed by atoms with E-state index in [1.807, 2.05) is 51.1 Å². The Morgan fingerprint density at radius 1 is 0.971 bits per heavy atom. The summed E-state index contributed by atoms with van der Waals surface area (Å²) in [6, 6.07) is 17.7. The van der Waals surface area contributed by atoms with Gasteiger partial charge in [0.2, 0.25) is 11.8 Å². The zero-order valence-corrected chi connectivity index (χ0v) is 21.0. The van der Waals surface area contributed by atoms with E-state index in [0.717, 1.165) is 12.0 Å². The molecule has 0 saturated carbocycles. The van der Waals surface area contributed by atoms with Crippen LogP contribution in [0.25, 0.3) is 10.9 Å². The number of hydrogen-bond acceptors (Lipinski definition) is 3. The zero-order chi connectivity index (χ0) is 25.8. The maximum Gasteiger partial charge on any atom is 0.304 e. The van der Waals surface area contributed by atoms with Gasteiger partial charge in [0.1, 0.15) is 0 Å². The minimum absolute atomic E-state index is 0.162. The first-order chi connectivity index (χ1) is 16.7. The number of carbonyl (C=O) groups excluding carboxylic acids is 2. The third kappa shape index (κ3) is 9.27. The summed E-state index contributed by atoms with van der Waals surface area (Å²) < 4.78 is 0. The Morgan fingerprint density at radius 3 is 2.26 bits per heavy atom. The number of aromatic nitrogens is 1. The van der Waals surface area contributed by atoms with Gasteiger partial charge in [-0.3, -0.25) is 14.4 Å². The third-order valence-electron chi connectivity index (χ3n) is 5.70. The number of carboxylic acid groups (broad SMARTS) is 1. The van der Waals surface area contributed by atoms with E-state index >= 15 is 0 Å². The molecule has 2 atom stereocenters. The number of nitrogens with one attached hydrogen (secondary N) is 3. The van der Waals surface area contributed by atoms with Crippen LogP contribution in [-0.2, 0) is 20.8 Å². The second-order valence-electron chi connectivity index (χ2n) is 9.06. The number of carboxylic acids is 1. The Hall–Kier alpha value is -3.61. The van der Waals surface area contributed by atoms with Crippen LogP contribution < -0.4 is 10.6 Å². The molecule has 3 rings (SSSR count). The molecule has 0 aliphatic carbocycles. The predicted molar refractivity (Wildman–Crippen MR) is 139 cm³/mol. The maximum absolute atomic E-state index is 12.1. The minimum atomic E-state index is -1.02. The Kier molecular flexibility index (Phi) is 11.0. The van der Waals surface area contributed by atoms with Crippen molar-refractivity contribution >= 4 is 28.7 Å². The Labute approximate surface area is 207 Å². The van der Waals surface area contributed by atoms with E-state index in [1.165, 1.54) is 16.5 Å². The molecule has 1 heterocycles. The van der Waals surface area contributed by atoms with Crippen LogP contribution in [-0.4, -0.2) is 34.4 Å². The van der Waals surface area contributed by atoms with Crippen molar-refractivity contribution in [1.29, 1.82) is 0 Å². The summed E-state index contributed by atoms with van der Waals surface area (Å²) in [7, 11) is 0. The predicted octanol–water partition coefficient (Wildman–Crippen LogP) is 4.85. The minimum Gasteiger partial charge on any atom is -0.481 e. The smallest absolute Gasteiger partial charge is 0.304 e. The molecule has 0 aliphatic heterocycles. The van der Waals surface area contributed by atoms with Crippen LogP contribution in [0.1, 0.15) is 57.7 Å². The zero-order valence-electron chi connectivity index (χ0n) is 21.0. The molecule has 0 fully saturated rings. The van der Waals surface area contributed by atoms with Gasteiger partial charge in [0.15, 0.2) is 0 Å². The molecule has 2 aromatic carbocycles. The van der Waals surface area contributed by atoms with Gasteiger partial charge in [-0.05, 0) is 42.9 Å². The molecule has 0 bridgehead atoms. The molecule has 4 N–H and O–H groups in total. The summed E-state index contributed by atoms with van der Waals surface area (Å²) in [5.41, 5.74) is 3.62. The van der Waals surface area contributed by atoms with Crippen molar-refractivity contribution < 1.29 is 19.5 Å². The Bertz CT molecular complexity index is 1090. The highest BCUT2D eigenvalue weighted by molar-refractivity contribution is 5.87. The van der Waals surface area contributed by atoms with Gasteiger partial charge >= 0.3 is 5.97 Å². The summed E-state index contributed by atoms with van der Waals surface area (Å²) in [6.07, 6.45) is 3.43. The summed E-state index contributed by atoms with van der Waals surface area (Å²) in [6.45, 7) is 7.73. The normalized spacial score (nSPS) is 12.4. The quantitative estimate of drug-likeness (QED) is 0.333. The van der Waals surface area contributed by atoms with Crippen molar-refractivity contribution in [2.24, 2.45) is 11.8 Å². The lowest BCUT2D eigenvalue weighted by Gasteiger charge is -2.18. The SMILES string of the molecule is CC(C)C[C@H](CC(=O)O)C(=O)NCC(=O)N[C@@H](C)c1ccccc1.CCc1c[nH]c2ccccc12. The average Bonchev–Trinajstić information content (AvgIpc) is 3.26. The number of amides is 2. The van der Waals surface area contributed by atoms with Crippen molar-refractivity contribution in [1.82, 2.24) is 15.6 Å². The first-order valence-electron chi connectivity index (χ1n) is 12.1. The summed E-state index contributed by atoms with van der Waals surface area (Å²) in [4.78, 5) is 38.2. The van der Waals surface area contributed by atoms with Crippen LogP contribution in [0.4, 0.5) is 0 Å². The third-order valence-corrected chi connectivity index (χ3v) is 5.70. The van der Waals surface area contributed by atoms with Crippen molar-refractivity contribution in [2.45, 2.75) is 53.0 Å². The molecule has 0 radical (unpaired) electrons. The number of para-hydroxylation sites is 1. The lowest BCUT2D eigenvalue weighted by molar-refractivity contribution is -0.141. The number of aromatic amines is 1. The van der Waals surface area contributed by atoms with Gasteiger partial charge in [-0.15, -0.1) is 0 Å². The number of benzene rings is 2. The number of fused-ring (bicyclic) bond motifs is 1. The van der Waals surface area contributed by atoms with E-state index in [0.29, 0.717) is 6.42 Å². The van der Waals surface area contributed by atoms with Crippen molar-refractivity contribution in [3.05, 3.63) is 71.9 Å². The van der Waals surface area contributed by atoms with E-state index in [1.54, 1.807) is 0 Å². The largest absolute Gasteiger partial charge is 0.481 e. The molecule has 35 heavy (non-hydrogen) atoms. The van der Waals surface area contributed by atoms with E-state index < -0.39 is 17.8 Å². The van der Waals surface area contributed by atoms with E-state index in [4.69, 9.17) is 5.11 Å². The summed E-state index contributed by atoms with van der Waals surface area (Å²) in [5, 5.41) is 15.6. The van der Waals surface area contributed by atoms with Crippen LogP contribution in [0.3, 0.4) is 0 Å². The van der Waals surface area contributed by atoms with Crippen LogP contribution in [0, 0.1) is 11.8 Å². The second-order valence-corrected chi connectivity index (χ2v) is 9.06. The topological polar surface area (TPSA) is 111 Å². The molecule has 0 unspecified atom stereocenters.